The van der Waals surface area contributed by atoms with Crippen LogP contribution in [0.2, 0.25) is 5.02 Å². The first-order valence-corrected chi connectivity index (χ1v) is 11.6. The van der Waals surface area contributed by atoms with Gasteiger partial charge in [-0.05, 0) is 50.5 Å². The summed E-state index contributed by atoms with van der Waals surface area (Å²) < 4.78 is 6.28. The fraction of sp³-hybridized carbons (Fsp3) is 0.500. The molecule has 0 bridgehead atoms. The Kier molecular flexibility index (Phi) is 7.25. The van der Waals surface area contributed by atoms with Crippen molar-refractivity contribution >= 4 is 23.4 Å². The van der Waals surface area contributed by atoms with Gasteiger partial charge in [-0.15, -0.1) is 0 Å². The van der Waals surface area contributed by atoms with E-state index in [-0.39, 0.29) is 23.8 Å². The average molecular weight is 457 g/mol. The van der Waals surface area contributed by atoms with Crippen LogP contribution in [0.3, 0.4) is 0 Å². The van der Waals surface area contributed by atoms with Gasteiger partial charge in [-0.1, -0.05) is 11.6 Å². The van der Waals surface area contributed by atoms with Gasteiger partial charge in [0.1, 0.15) is 18.2 Å². The Labute approximate surface area is 193 Å². The summed E-state index contributed by atoms with van der Waals surface area (Å²) in [6.07, 6.45) is 7.16. The van der Waals surface area contributed by atoms with Crippen LogP contribution in [0.5, 0.6) is 5.75 Å². The maximum Gasteiger partial charge on any atom is 0.257 e. The van der Waals surface area contributed by atoms with Gasteiger partial charge >= 0.3 is 0 Å². The number of carbonyl (C=O) groups is 2. The lowest BCUT2D eigenvalue weighted by atomic mass is 9.90. The number of piperidine rings is 2. The Hall–Kier alpha value is -2.67. The maximum atomic E-state index is 13.2. The third kappa shape index (κ3) is 5.38. The van der Waals surface area contributed by atoms with E-state index in [1.54, 1.807) is 18.3 Å². The molecular formula is C24H29ClN4O3. The van der Waals surface area contributed by atoms with Gasteiger partial charge in [0.25, 0.3) is 5.91 Å². The van der Waals surface area contributed by atoms with Crippen LogP contribution >= 0.6 is 11.6 Å². The molecule has 2 atom stereocenters. The van der Waals surface area contributed by atoms with Crippen molar-refractivity contribution in [3.63, 3.8) is 0 Å². The summed E-state index contributed by atoms with van der Waals surface area (Å²) >= 11 is 6.00. The van der Waals surface area contributed by atoms with E-state index in [0.29, 0.717) is 42.2 Å². The number of rotatable bonds is 5. The summed E-state index contributed by atoms with van der Waals surface area (Å²) in [5.74, 6) is 0.682. The molecule has 2 fully saturated rings. The van der Waals surface area contributed by atoms with Gasteiger partial charge in [-0.3, -0.25) is 9.59 Å². The molecule has 2 aromatic rings. The number of aromatic nitrogens is 2. The van der Waals surface area contributed by atoms with Crippen LogP contribution in [0.25, 0.3) is 0 Å². The monoisotopic (exact) mass is 456 g/mol. The zero-order valence-corrected chi connectivity index (χ0v) is 19.1. The number of likely N-dealkylation sites (tertiary alicyclic amines) is 2. The van der Waals surface area contributed by atoms with Gasteiger partial charge in [-0.25, -0.2) is 9.97 Å². The molecule has 0 radical (unpaired) electrons. The van der Waals surface area contributed by atoms with Crippen LogP contribution in [0.4, 0.5) is 0 Å². The van der Waals surface area contributed by atoms with Crippen molar-refractivity contribution in [3.8, 4) is 5.75 Å². The summed E-state index contributed by atoms with van der Waals surface area (Å²) in [5.41, 5.74) is 1.16. The minimum Gasteiger partial charge on any atom is -0.490 e. The number of halogens is 1. The molecule has 170 valence electrons. The molecule has 2 saturated heterocycles. The van der Waals surface area contributed by atoms with E-state index in [1.165, 1.54) is 12.7 Å². The number of nitrogens with zero attached hydrogens (tertiary/aromatic N) is 4. The second-order valence-corrected chi connectivity index (χ2v) is 9.01. The quantitative estimate of drug-likeness (QED) is 0.684. The van der Waals surface area contributed by atoms with Crippen LogP contribution < -0.4 is 4.74 Å². The molecule has 2 aliphatic heterocycles. The number of amides is 2. The molecule has 0 aliphatic carbocycles. The van der Waals surface area contributed by atoms with E-state index < -0.39 is 0 Å². The first kappa shape index (κ1) is 22.5. The Morgan fingerprint density at radius 1 is 1.09 bits per heavy atom. The minimum atomic E-state index is -0.151. The fourth-order valence-electron chi connectivity index (χ4n) is 4.50. The lowest BCUT2D eigenvalue weighted by Gasteiger charge is -2.39. The van der Waals surface area contributed by atoms with Gasteiger partial charge < -0.3 is 14.5 Å². The Balaban J connectivity index is 1.50. The van der Waals surface area contributed by atoms with Crippen LogP contribution in [-0.4, -0.2) is 63.9 Å². The predicted octanol–water partition coefficient (Wildman–Crippen LogP) is 3.75. The highest BCUT2D eigenvalue weighted by molar-refractivity contribution is 6.30. The number of aryl methyl sites for hydroxylation is 1. The second-order valence-electron chi connectivity index (χ2n) is 8.58. The molecule has 0 spiro atoms. The van der Waals surface area contributed by atoms with Crippen molar-refractivity contribution in [1.82, 2.24) is 19.8 Å². The number of hydrogen-bond acceptors (Lipinski definition) is 5. The SMILES string of the molecule is Cc1ncncc1C(=O)N1CC[C@H](Oc2ccc(Cl)cc2)[C@@H](CC(=O)N2CCCCC2)C1. The van der Waals surface area contributed by atoms with Crippen molar-refractivity contribution in [1.29, 1.82) is 0 Å². The lowest BCUT2D eigenvalue weighted by Crippen LogP contribution is -2.50. The molecule has 2 aliphatic rings. The van der Waals surface area contributed by atoms with Crippen molar-refractivity contribution in [2.45, 2.75) is 45.1 Å². The van der Waals surface area contributed by atoms with Gasteiger partial charge in [0, 0.05) is 56.2 Å². The Morgan fingerprint density at radius 2 is 1.84 bits per heavy atom. The zero-order chi connectivity index (χ0) is 22.5. The topological polar surface area (TPSA) is 75.6 Å². The standard InChI is InChI=1S/C24H29ClN4O3/c1-17-21(14-26-16-27-17)24(31)29-12-9-22(32-20-7-5-19(25)6-8-20)18(15-29)13-23(30)28-10-3-2-4-11-28/h5-8,14,16,18,22H,2-4,9-13,15H2,1H3/t18-,22-/m0/s1. The van der Waals surface area contributed by atoms with E-state index in [9.17, 15) is 9.59 Å². The van der Waals surface area contributed by atoms with Gasteiger partial charge in [0.05, 0.1) is 11.3 Å². The van der Waals surface area contributed by atoms with E-state index >= 15 is 0 Å². The Morgan fingerprint density at radius 3 is 2.56 bits per heavy atom. The lowest BCUT2D eigenvalue weighted by molar-refractivity contribution is -0.134. The van der Waals surface area contributed by atoms with Gasteiger partial charge in [-0.2, -0.15) is 0 Å². The normalized spacial score (nSPS) is 21.3. The predicted molar refractivity (Wildman–Crippen MR) is 122 cm³/mol. The second kappa shape index (κ2) is 10.3. The van der Waals surface area contributed by atoms with E-state index in [1.807, 2.05) is 28.9 Å². The summed E-state index contributed by atoms with van der Waals surface area (Å²) in [7, 11) is 0. The molecule has 0 N–H and O–H groups in total. The summed E-state index contributed by atoms with van der Waals surface area (Å²) in [4.78, 5) is 38.1. The minimum absolute atomic E-state index is 0.0940. The average Bonchev–Trinajstić information content (AvgIpc) is 2.82. The van der Waals surface area contributed by atoms with Crippen molar-refractivity contribution in [2.24, 2.45) is 5.92 Å². The molecule has 1 aromatic carbocycles. The molecule has 8 heteroatoms. The zero-order valence-electron chi connectivity index (χ0n) is 18.4. The van der Waals surface area contributed by atoms with Gasteiger partial charge in [0.15, 0.2) is 0 Å². The molecule has 3 heterocycles. The largest absolute Gasteiger partial charge is 0.490 e. The maximum absolute atomic E-state index is 13.2. The molecule has 2 amide bonds. The van der Waals surface area contributed by atoms with E-state index in [4.69, 9.17) is 16.3 Å². The fourth-order valence-corrected chi connectivity index (χ4v) is 4.63. The third-order valence-corrected chi connectivity index (χ3v) is 6.59. The number of benzene rings is 1. The molecule has 4 rings (SSSR count). The van der Waals surface area contributed by atoms with Crippen molar-refractivity contribution in [2.75, 3.05) is 26.2 Å². The first-order valence-electron chi connectivity index (χ1n) is 11.3. The molecule has 1 aromatic heterocycles. The highest BCUT2D eigenvalue weighted by Gasteiger charge is 2.36. The van der Waals surface area contributed by atoms with E-state index in [0.717, 1.165) is 31.7 Å². The van der Waals surface area contributed by atoms with Gasteiger partial charge in [0.2, 0.25) is 5.91 Å². The van der Waals surface area contributed by atoms with Crippen molar-refractivity contribution in [3.05, 3.63) is 53.1 Å². The summed E-state index contributed by atoms with van der Waals surface area (Å²) in [6, 6.07) is 7.27. The van der Waals surface area contributed by atoms with Crippen LogP contribution in [0.15, 0.2) is 36.8 Å². The molecule has 7 nitrogen and oxygen atoms in total. The summed E-state index contributed by atoms with van der Waals surface area (Å²) in [6.45, 7) is 4.46. The number of hydrogen-bond donors (Lipinski definition) is 0. The molecule has 0 saturated carbocycles. The van der Waals surface area contributed by atoms with Crippen LogP contribution in [-0.2, 0) is 4.79 Å². The third-order valence-electron chi connectivity index (χ3n) is 6.34. The molecule has 32 heavy (non-hydrogen) atoms. The highest BCUT2D eigenvalue weighted by atomic mass is 35.5. The molecule has 0 unspecified atom stereocenters. The number of carbonyl (C=O) groups excluding carboxylic acids is 2. The Bertz CT molecular complexity index is 947. The first-order chi connectivity index (χ1) is 15.5. The van der Waals surface area contributed by atoms with Crippen molar-refractivity contribution < 1.29 is 14.3 Å². The number of ether oxygens (including phenoxy) is 1. The van der Waals surface area contributed by atoms with E-state index in [2.05, 4.69) is 9.97 Å². The van der Waals surface area contributed by atoms with Crippen LogP contribution in [0, 0.1) is 12.8 Å². The summed E-state index contributed by atoms with van der Waals surface area (Å²) in [5, 5.41) is 0.648. The smallest absolute Gasteiger partial charge is 0.257 e. The van der Waals surface area contributed by atoms with Crippen LogP contribution in [0.1, 0.15) is 48.2 Å². The highest BCUT2D eigenvalue weighted by Crippen LogP contribution is 2.28. The molecular weight excluding hydrogens is 428 g/mol.